The highest BCUT2D eigenvalue weighted by molar-refractivity contribution is 8.18. The Morgan fingerprint density at radius 1 is 1.00 bits per heavy atom. The van der Waals surface area contributed by atoms with Gasteiger partial charge in [-0.1, -0.05) is 45.0 Å². The molecule has 0 saturated carbocycles. The van der Waals surface area contributed by atoms with Crippen LogP contribution in [0.4, 0.5) is 9.18 Å². The highest BCUT2D eigenvalue weighted by Gasteiger charge is 2.34. The number of imide groups is 1. The molecule has 0 unspecified atom stereocenters. The highest BCUT2D eigenvalue weighted by atomic mass is 32.2. The van der Waals surface area contributed by atoms with Crippen LogP contribution in [-0.4, -0.2) is 47.5 Å². The van der Waals surface area contributed by atoms with Crippen molar-refractivity contribution < 1.29 is 23.6 Å². The van der Waals surface area contributed by atoms with Gasteiger partial charge in [0, 0.05) is 18.7 Å². The van der Waals surface area contributed by atoms with Gasteiger partial charge in [-0.15, -0.1) is 0 Å². The molecule has 0 spiro atoms. The molecule has 9 heteroatoms. The molecule has 1 aliphatic rings. The molecule has 178 valence electrons. The van der Waals surface area contributed by atoms with Crippen LogP contribution in [0.1, 0.15) is 42.3 Å². The fourth-order valence-electron chi connectivity index (χ4n) is 3.16. The fourth-order valence-corrected chi connectivity index (χ4v) is 4.02. The quantitative estimate of drug-likeness (QED) is 0.586. The first-order chi connectivity index (χ1) is 16.0. The van der Waals surface area contributed by atoms with Gasteiger partial charge in [-0.25, -0.2) is 4.39 Å². The van der Waals surface area contributed by atoms with Gasteiger partial charge in [0.25, 0.3) is 17.1 Å². The molecule has 2 aromatic rings. The first kappa shape index (κ1) is 25.2. The molecule has 7 nitrogen and oxygen atoms in total. The van der Waals surface area contributed by atoms with Crippen molar-refractivity contribution in [3.8, 4) is 0 Å². The highest BCUT2D eigenvalue weighted by Crippen LogP contribution is 2.31. The van der Waals surface area contributed by atoms with Crippen LogP contribution in [0.3, 0.4) is 0 Å². The maximum absolute atomic E-state index is 13.0. The predicted molar refractivity (Wildman–Crippen MR) is 130 cm³/mol. The Morgan fingerprint density at radius 2 is 1.65 bits per heavy atom. The van der Waals surface area contributed by atoms with E-state index in [1.807, 2.05) is 12.1 Å². The van der Waals surface area contributed by atoms with Gasteiger partial charge < -0.3 is 10.6 Å². The average molecular weight is 484 g/mol. The molecule has 2 aromatic carbocycles. The van der Waals surface area contributed by atoms with Crippen molar-refractivity contribution >= 4 is 40.8 Å². The molecule has 2 N–H and O–H groups in total. The minimum absolute atomic E-state index is 0.000619. The molecule has 1 saturated heterocycles. The molecule has 0 bridgehead atoms. The van der Waals surface area contributed by atoms with Gasteiger partial charge in [0.15, 0.2) is 0 Å². The molecule has 0 atom stereocenters. The lowest BCUT2D eigenvalue weighted by Crippen LogP contribution is -2.41. The van der Waals surface area contributed by atoms with Gasteiger partial charge in [-0.2, -0.15) is 0 Å². The summed E-state index contributed by atoms with van der Waals surface area (Å²) in [5, 5.41) is 4.70. The molecule has 4 amide bonds. The molecule has 0 aliphatic carbocycles. The first-order valence-corrected chi connectivity index (χ1v) is 11.5. The number of thioether (sulfide) groups is 1. The van der Waals surface area contributed by atoms with Crippen molar-refractivity contribution in [2.75, 3.05) is 19.6 Å². The van der Waals surface area contributed by atoms with E-state index in [0.717, 1.165) is 22.2 Å². The normalized spacial score (nSPS) is 15.1. The lowest BCUT2D eigenvalue weighted by atomic mass is 9.87. The van der Waals surface area contributed by atoms with Crippen LogP contribution in [0.15, 0.2) is 53.4 Å². The number of nitrogens with zero attached hydrogens (tertiary/aromatic N) is 1. The molecule has 1 aliphatic heterocycles. The second kappa shape index (κ2) is 10.6. The number of hydrogen-bond donors (Lipinski definition) is 2. The van der Waals surface area contributed by atoms with E-state index in [9.17, 15) is 23.6 Å². The van der Waals surface area contributed by atoms with Gasteiger partial charge in [0.1, 0.15) is 5.82 Å². The summed E-state index contributed by atoms with van der Waals surface area (Å²) in [4.78, 5) is 50.3. The summed E-state index contributed by atoms with van der Waals surface area (Å²) in [7, 11) is 0. The standard InChI is InChI=1S/C25H26FN3O4S/c1-25(2,3)18-8-6-17(7-9-18)22(31)28-15-21(30)27-12-13-29-23(32)20(34-24(29)33)14-16-4-10-19(26)11-5-16/h4-11,14H,12-13,15H2,1-3H3,(H,27,30)(H,28,31)/b20-14-. The fraction of sp³-hybridized carbons (Fsp3) is 0.280. The third kappa shape index (κ3) is 6.54. The maximum Gasteiger partial charge on any atom is 0.293 e. The van der Waals surface area contributed by atoms with E-state index in [1.54, 1.807) is 12.1 Å². The largest absolute Gasteiger partial charge is 0.353 e. The first-order valence-electron chi connectivity index (χ1n) is 10.7. The SMILES string of the molecule is CC(C)(C)c1ccc(C(=O)NCC(=O)NCCN2C(=O)S/C(=C\c3ccc(F)cc3)C2=O)cc1. The van der Waals surface area contributed by atoms with E-state index in [2.05, 4.69) is 31.4 Å². The number of carbonyl (C=O) groups is 4. The van der Waals surface area contributed by atoms with Gasteiger partial charge in [-0.05, 0) is 58.6 Å². The number of halogens is 1. The van der Waals surface area contributed by atoms with Gasteiger partial charge in [0.2, 0.25) is 5.91 Å². The van der Waals surface area contributed by atoms with Crippen LogP contribution in [0.5, 0.6) is 0 Å². The van der Waals surface area contributed by atoms with Gasteiger partial charge >= 0.3 is 0 Å². The average Bonchev–Trinajstić information content (AvgIpc) is 3.05. The van der Waals surface area contributed by atoms with Crippen molar-refractivity contribution in [1.82, 2.24) is 15.5 Å². The summed E-state index contributed by atoms with van der Waals surface area (Å²) in [6.45, 7) is 6.06. The van der Waals surface area contributed by atoms with Crippen LogP contribution < -0.4 is 10.6 Å². The number of nitrogens with one attached hydrogen (secondary N) is 2. The third-order valence-electron chi connectivity index (χ3n) is 5.12. The molecule has 3 rings (SSSR count). The molecule has 0 radical (unpaired) electrons. The predicted octanol–water partition coefficient (Wildman–Crippen LogP) is 3.71. The number of amides is 4. The van der Waals surface area contributed by atoms with E-state index in [1.165, 1.54) is 30.3 Å². The van der Waals surface area contributed by atoms with Crippen LogP contribution in [0, 0.1) is 5.82 Å². The molecular formula is C25H26FN3O4S. The monoisotopic (exact) mass is 483 g/mol. The van der Waals surface area contributed by atoms with Crippen LogP contribution in [0.2, 0.25) is 0 Å². The minimum Gasteiger partial charge on any atom is -0.353 e. The maximum atomic E-state index is 13.0. The Kier molecular flexibility index (Phi) is 7.88. The Labute approximate surface area is 201 Å². The van der Waals surface area contributed by atoms with Gasteiger partial charge in [0.05, 0.1) is 11.4 Å². The van der Waals surface area contributed by atoms with Crippen LogP contribution in [-0.2, 0) is 15.0 Å². The number of rotatable bonds is 7. The number of hydrogen-bond acceptors (Lipinski definition) is 5. The second-order valence-corrected chi connectivity index (χ2v) is 9.74. The lowest BCUT2D eigenvalue weighted by molar-refractivity contribution is -0.124. The Morgan fingerprint density at radius 3 is 2.26 bits per heavy atom. The van der Waals surface area contributed by atoms with E-state index in [-0.39, 0.29) is 35.9 Å². The van der Waals surface area contributed by atoms with Crippen molar-refractivity contribution in [2.24, 2.45) is 0 Å². The smallest absolute Gasteiger partial charge is 0.293 e. The van der Waals surface area contributed by atoms with E-state index >= 15 is 0 Å². The molecule has 1 fully saturated rings. The zero-order chi connectivity index (χ0) is 24.9. The zero-order valence-electron chi connectivity index (χ0n) is 19.2. The summed E-state index contributed by atoms with van der Waals surface area (Å²) < 4.78 is 13.0. The number of benzene rings is 2. The number of carbonyl (C=O) groups excluding carboxylic acids is 4. The van der Waals surface area contributed by atoms with E-state index in [0.29, 0.717) is 11.1 Å². The van der Waals surface area contributed by atoms with Gasteiger partial charge in [-0.3, -0.25) is 24.1 Å². The Balaban J connectivity index is 1.44. The lowest BCUT2D eigenvalue weighted by Gasteiger charge is -2.19. The molecule has 34 heavy (non-hydrogen) atoms. The summed E-state index contributed by atoms with van der Waals surface area (Å²) in [5.74, 6) is -1.67. The zero-order valence-corrected chi connectivity index (χ0v) is 20.0. The Bertz CT molecular complexity index is 1120. The minimum atomic E-state index is -0.472. The van der Waals surface area contributed by atoms with Crippen molar-refractivity contribution in [3.05, 3.63) is 75.9 Å². The van der Waals surface area contributed by atoms with E-state index in [4.69, 9.17) is 0 Å². The molecular weight excluding hydrogens is 457 g/mol. The summed E-state index contributed by atoms with van der Waals surface area (Å²) in [5.41, 5.74) is 2.13. The van der Waals surface area contributed by atoms with Crippen molar-refractivity contribution in [2.45, 2.75) is 26.2 Å². The third-order valence-corrected chi connectivity index (χ3v) is 6.03. The summed E-state index contributed by atoms with van der Waals surface area (Å²) in [6.07, 6.45) is 1.52. The van der Waals surface area contributed by atoms with Crippen LogP contribution >= 0.6 is 11.8 Å². The second-order valence-electron chi connectivity index (χ2n) is 8.74. The summed E-state index contributed by atoms with van der Waals surface area (Å²) >= 11 is 0.789. The molecule has 0 aromatic heterocycles. The van der Waals surface area contributed by atoms with Crippen LogP contribution in [0.25, 0.3) is 6.08 Å². The molecule has 1 heterocycles. The van der Waals surface area contributed by atoms with E-state index < -0.39 is 22.9 Å². The van der Waals surface area contributed by atoms with Crippen molar-refractivity contribution in [3.63, 3.8) is 0 Å². The topological polar surface area (TPSA) is 95.6 Å². The Hall–Kier alpha value is -3.46. The summed E-state index contributed by atoms with van der Waals surface area (Å²) in [6, 6.07) is 12.8. The van der Waals surface area contributed by atoms with Crippen molar-refractivity contribution in [1.29, 1.82) is 0 Å².